The van der Waals surface area contributed by atoms with E-state index < -0.39 is 15.8 Å². The third-order valence-electron chi connectivity index (χ3n) is 3.39. The third-order valence-corrected chi connectivity index (χ3v) is 4.49. The summed E-state index contributed by atoms with van der Waals surface area (Å²) < 4.78 is 36.4. The van der Waals surface area contributed by atoms with Crippen molar-refractivity contribution in [3.05, 3.63) is 48.3 Å². The molecular formula is C15H12FN5O3S2. The lowest BCUT2D eigenvalue weighted by molar-refractivity contribution is 0.459. The Labute approximate surface area is 152 Å². The van der Waals surface area contributed by atoms with Crippen molar-refractivity contribution in [1.29, 1.82) is 0 Å². The number of aromatic amines is 1. The summed E-state index contributed by atoms with van der Waals surface area (Å²) in [6, 6.07) is 9.95. The van der Waals surface area contributed by atoms with Gasteiger partial charge in [-0.2, -0.15) is 0 Å². The molecule has 5 N–H and O–H groups in total. The number of fused-ring (bicyclic) bond motifs is 1. The maximum Gasteiger partial charge on any atom is 0.238 e. The van der Waals surface area contributed by atoms with Crippen LogP contribution < -0.4 is 10.5 Å². The summed E-state index contributed by atoms with van der Waals surface area (Å²) in [4.78, 5) is 2.38. The fraction of sp³-hybridized carbons (Fsp3) is 0. The van der Waals surface area contributed by atoms with Crippen LogP contribution in [0.4, 0.5) is 15.8 Å². The Morgan fingerprint density at radius 3 is 2.73 bits per heavy atom. The van der Waals surface area contributed by atoms with Crippen LogP contribution in [0.3, 0.4) is 0 Å². The summed E-state index contributed by atoms with van der Waals surface area (Å²) >= 11 is 5.02. The molecule has 0 fully saturated rings. The largest absolute Gasteiger partial charge is 0.493 e. The Balaban J connectivity index is 1.83. The van der Waals surface area contributed by atoms with Crippen LogP contribution >= 0.6 is 12.2 Å². The summed E-state index contributed by atoms with van der Waals surface area (Å²) in [6.45, 7) is 0. The van der Waals surface area contributed by atoms with Gasteiger partial charge < -0.3 is 15.4 Å². The lowest BCUT2D eigenvalue weighted by atomic mass is 10.2. The smallest absolute Gasteiger partial charge is 0.238 e. The van der Waals surface area contributed by atoms with Crippen molar-refractivity contribution >= 4 is 49.6 Å². The minimum absolute atomic E-state index is 0.0296. The second kappa shape index (κ2) is 6.78. The fourth-order valence-corrected chi connectivity index (χ4v) is 2.97. The summed E-state index contributed by atoms with van der Waals surface area (Å²) in [5.74, 6) is -0.896. The minimum atomic E-state index is -3.85. The van der Waals surface area contributed by atoms with Gasteiger partial charge in [-0.1, -0.05) is 18.2 Å². The van der Waals surface area contributed by atoms with Crippen molar-refractivity contribution in [2.45, 2.75) is 4.90 Å². The number of aromatic hydroxyl groups is 1. The molecule has 11 heteroatoms. The van der Waals surface area contributed by atoms with E-state index in [1.54, 1.807) is 12.1 Å². The number of sulfonamides is 1. The fourth-order valence-electron chi connectivity index (χ4n) is 2.25. The van der Waals surface area contributed by atoms with Gasteiger partial charge in [0.15, 0.2) is 5.69 Å². The van der Waals surface area contributed by atoms with E-state index >= 15 is 0 Å². The van der Waals surface area contributed by atoms with E-state index in [1.165, 1.54) is 30.3 Å². The molecule has 134 valence electrons. The summed E-state index contributed by atoms with van der Waals surface area (Å²) in [5, 5.41) is 25.4. The van der Waals surface area contributed by atoms with Gasteiger partial charge in [-0.15, -0.1) is 10.2 Å². The molecule has 0 unspecified atom stereocenters. The molecule has 8 nitrogen and oxygen atoms in total. The summed E-state index contributed by atoms with van der Waals surface area (Å²) in [6.07, 6.45) is 0. The predicted molar refractivity (Wildman–Crippen MR) is 98.5 cm³/mol. The third kappa shape index (κ3) is 3.69. The van der Waals surface area contributed by atoms with E-state index in [9.17, 15) is 17.9 Å². The normalized spacial score (nSPS) is 11.9. The number of nitrogens with two attached hydrogens (primary N) is 1. The number of rotatable bonds is 3. The standard InChI is InChI=1S/C15H12FN5O3S2/c16-11-6-2-5-10-12(11)19-14(22)13(10)20-21-15(25)18-8-3-1-4-9(7-8)26(17,23)24/h1-7,19,22H,(H,18,25)(H2,17,23,24). The number of benzene rings is 2. The number of hydrogen-bond donors (Lipinski definition) is 4. The Bertz CT molecular complexity index is 1140. The van der Waals surface area contributed by atoms with Gasteiger partial charge >= 0.3 is 0 Å². The van der Waals surface area contributed by atoms with Crippen molar-refractivity contribution < 1.29 is 17.9 Å². The zero-order valence-corrected chi connectivity index (χ0v) is 14.6. The van der Waals surface area contributed by atoms with Crippen molar-refractivity contribution in [2.24, 2.45) is 15.4 Å². The van der Waals surface area contributed by atoms with Crippen molar-refractivity contribution in [1.82, 2.24) is 4.98 Å². The Kier molecular flexibility index (Phi) is 4.68. The van der Waals surface area contributed by atoms with Gasteiger partial charge in [-0.3, -0.25) is 0 Å². The van der Waals surface area contributed by atoms with E-state index in [-0.39, 0.29) is 27.1 Å². The monoisotopic (exact) mass is 393 g/mol. The summed E-state index contributed by atoms with van der Waals surface area (Å²) in [5.41, 5.74) is 0.468. The van der Waals surface area contributed by atoms with Crippen LogP contribution in [0.5, 0.6) is 5.88 Å². The number of anilines is 1. The molecule has 0 atom stereocenters. The second-order valence-corrected chi connectivity index (χ2v) is 7.14. The molecule has 0 aliphatic carbocycles. The zero-order chi connectivity index (χ0) is 18.9. The number of thiocarbonyl (C=S) groups is 1. The highest BCUT2D eigenvalue weighted by molar-refractivity contribution is 7.89. The first-order chi connectivity index (χ1) is 12.3. The van der Waals surface area contributed by atoms with Gasteiger partial charge in [-0.05, 0) is 36.5 Å². The topological polar surface area (TPSA) is 133 Å². The van der Waals surface area contributed by atoms with E-state index in [4.69, 9.17) is 17.4 Å². The summed E-state index contributed by atoms with van der Waals surface area (Å²) in [7, 11) is -3.85. The first kappa shape index (κ1) is 17.9. The number of para-hydroxylation sites is 1. The van der Waals surface area contributed by atoms with Gasteiger partial charge in [0.1, 0.15) is 5.82 Å². The molecule has 1 aromatic heterocycles. The van der Waals surface area contributed by atoms with Gasteiger partial charge in [0.25, 0.3) is 0 Å². The van der Waals surface area contributed by atoms with Crippen molar-refractivity contribution in [3.8, 4) is 5.88 Å². The van der Waals surface area contributed by atoms with Gasteiger partial charge in [0.05, 0.1) is 10.4 Å². The van der Waals surface area contributed by atoms with Crippen LogP contribution in [0.2, 0.25) is 0 Å². The SMILES string of the molecule is NS(=O)(=O)c1cccc(NC(=S)N=Nc2c(O)[nH]c3c(F)cccc23)c1. The molecule has 0 saturated heterocycles. The molecule has 0 radical (unpaired) electrons. The van der Waals surface area contributed by atoms with E-state index in [0.717, 1.165) is 0 Å². The maximum atomic E-state index is 13.7. The minimum Gasteiger partial charge on any atom is -0.493 e. The highest BCUT2D eigenvalue weighted by atomic mass is 32.2. The maximum absolute atomic E-state index is 13.7. The van der Waals surface area contributed by atoms with Crippen LogP contribution in [0.25, 0.3) is 10.9 Å². The molecule has 0 amide bonds. The Morgan fingerprint density at radius 2 is 2.00 bits per heavy atom. The van der Waals surface area contributed by atoms with Crippen LogP contribution in [0.15, 0.2) is 57.6 Å². The molecule has 0 spiro atoms. The molecule has 0 saturated carbocycles. The molecule has 26 heavy (non-hydrogen) atoms. The van der Waals surface area contributed by atoms with Crippen LogP contribution in [0, 0.1) is 5.82 Å². The van der Waals surface area contributed by atoms with Gasteiger partial charge in [-0.25, -0.2) is 17.9 Å². The number of H-pyrrole nitrogens is 1. The van der Waals surface area contributed by atoms with Gasteiger partial charge in [0.2, 0.25) is 21.0 Å². The Morgan fingerprint density at radius 1 is 1.27 bits per heavy atom. The molecule has 3 aromatic rings. The highest BCUT2D eigenvalue weighted by Crippen LogP contribution is 2.36. The second-order valence-electron chi connectivity index (χ2n) is 5.19. The van der Waals surface area contributed by atoms with Crippen LogP contribution in [-0.4, -0.2) is 23.6 Å². The van der Waals surface area contributed by atoms with Crippen molar-refractivity contribution in [3.63, 3.8) is 0 Å². The first-order valence-corrected chi connectivity index (χ1v) is 9.06. The van der Waals surface area contributed by atoms with Gasteiger partial charge in [0, 0.05) is 11.1 Å². The number of nitrogens with one attached hydrogen (secondary N) is 2. The Hall–Kier alpha value is -2.89. The molecule has 0 aliphatic heterocycles. The molecule has 3 rings (SSSR count). The van der Waals surface area contributed by atoms with Crippen LogP contribution in [-0.2, 0) is 10.0 Å². The number of nitrogens with zero attached hydrogens (tertiary/aromatic N) is 2. The van der Waals surface area contributed by atoms with E-state index in [0.29, 0.717) is 11.1 Å². The number of halogens is 1. The highest BCUT2D eigenvalue weighted by Gasteiger charge is 2.13. The van der Waals surface area contributed by atoms with E-state index in [2.05, 4.69) is 20.5 Å². The lowest BCUT2D eigenvalue weighted by Gasteiger charge is -2.05. The van der Waals surface area contributed by atoms with Crippen molar-refractivity contribution in [2.75, 3.05) is 5.32 Å². The molecule has 2 aromatic carbocycles. The molecule has 1 heterocycles. The molecular weight excluding hydrogens is 381 g/mol. The predicted octanol–water partition coefficient (Wildman–Crippen LogP) is 3.14. The average molecular weight is 393 g/mol. The van der Waals surface area contributed by atoms with E-state index in [1.807, 2.05) is 0 Å². The lowest BCUT2D eigenvalue weighted by Crippen LogP contribution is -2.13. The number of azo groups is 1. The number of primary sulfonamides is 1. The first-order valence-electron chi connectivity index (χ1n) is 7.10. The number of hydrogen-bond acceptors (Lipinski definition) is 5. The van der Waals surface area contributed by atoms with Crippen LogP contribution in [0.1, 0.15) is 0 Å². The quantitative estimate of drug-likeness (QED) is 0.401. The molecule has 0 aliphatic rings. The zero-order valence-electron chi connectivity index (χ0n) is 13.0. The molecule has 0 bridgehead atoms. The average Bonchev–Trinajstić information content (AvgIpc) is 2.89. The number of aromatic nitrogens is 1.